The highest BCUT2D eigenvalue weighted by atomic mass is 16.5. The number of hydrogen-bond acceptors (Lipinski definition) is 3. The standard InChI is InChI=1S/C17H25NO2/c1-15-6-2-3-11-18(15)12-4-5-13-20-17-9-7-16(14-19)8-10-17/h7-10,14-15H,2-6,11-13H2,1H3/t15-/m1/s1. The molecule has 3 heteroatoms. The summed E-state index contributed by atoms with van der Waals surface area (Å²) < 4.78 is 5.69. The minimum absolute atomic E-state index is 0.691. The second-order valence-electron chi connectivity index (χ2n) is 5.62. The van der Waals surface area contributed by atoms with Crippen LogP contribution in [0.25, 0.3) is 0 Å². The summed E-state index contributed by atoms with van der Waals surface area (Å²) in [7, 11) is 0. The molecule has 1 aliphatic heterocycles. The molecule has 2 rings (SSSR count). The topological polar surface area (TPSA) is 29.5 Å². The van der Waals surface area contributed by atoms with Gasteiger partial charge in [-0.15, -0.1) is 0 Å². The van der Waals surface area contributed by atoms with Gasteiger partial charge < -0.3 is 9.64 Å². The average molecular weight is 275 g/mol. The second-order valence-corrected chi connectivity index (χ2v) is 5.62. The molecule has 3 nitrogen and oxygen atoms in total. The van der Waals surface area contributed by atoms with E-state index in [0.717, 1.165) is 31.1 Å². The zero-order valence-corrected chi connectivity index (χ0v) is 12.4. The molecule has 0 aromatic heterocycles. The van der Waals surface area contributed by atoms with Crippen LogP contribution in [-0.2, 0) is 0 Å². The van der Waals surface area contributed by atoms with E-state index in [1.54, 1.807) is 12.1 Å². The van der Waals surface area contributed by atoms with E-state index in [-0.39, 0.29) is 0 Å². The molecule has 1 saturated heterocycles. The number of ether oxygens (including phenoxy) is 1. The first-order valence-corrected chi connectivity index (χ1v) is 7.71. The summed E-state index contributed by atoms with van der Waals surface area (Å²) in [6, 6.07) is 8.04. The van der Waals surface area contributed by atoms with Gasteiger partial charge in [0.2, 0.25) is 0 Å². The van der Waals surface area contributed by atoms with Crippen LogP contribution in [-0.4, -0.2) is 36.9 Å². The fourth-order valence-corrected chi connectivity index (χ4v) is 2.74. The largest absolute Gasteiger partial charge is 0.494 e. The van der Waals surface area contributed by atoms with E-state index in [2.05, 4.69) is 11.8 Å². The van der Waals surface area contributed by atoms with Gasteiger partial charge in [-0.3, -0.25) is 4.79 Å². The van der Waals surface area contributed by atoms with Crippen LogP contribution in [0.3, 0.4) is 0 Å². The first-order chi connectivity index (χ1) is 9.79. The number of unbranched alkanes of at least 4 members (excludes halogenated alkanes) is 1. The van der Waals surface area contributed by atoms with Crippen molar-refractivity contribution in [2.75, 3.05) is 19.7 Å². The lowest BCUT2D eigenvalue weighted by atomic mass is 10.0. The van der Waals surface area contributed by atoms with E-state index < -0.39 is 0 Å². The predicted octanol–water partition coefficient (Wildman–Crippen LogP) is 3.53. The highest BCUT2D eigenvalue weighted by molar-refractivity contribution is 5.74. The van der Waals surface area contributed by atoms with E-state index >= 15 is 0 Å². The SMILES string of the molecule is C[C@@H]1CCCCN1CCCCOc1ccc(C=O)cc1. The van der Waals surface area contributed by atoms with Crippen molar-refractivity contribution in [2.45, 2.75) is 45.1 Å². The minimum Gasteiger partial charge on any atom is -0.494 e. The van der Waals surface area contributed by atoms with Gasteiger partial charge in [-0.1, -0.05) is 6.42 Å². The Balaban J connectivity index is 1.60. The molecular formula is C17H25NO2. The van der Waals surface area contributed by atoms with Crippen molar-refractivity contribution in [3.8, 4) is 5.75 Å². The zero-order chi connectivity index (χ0) is 14.2. The Labute approximate surface area is 121 Å². The van der Waals surface area contributed by atoms with Crippen molar-refractivity contribution in [1.82, 2.24) is 4.90 Å². The van der Waals surface area contributed by atoms with Crippen molar-refractivity contribution in [3.05, 3.63) is 29.8 Å². The fourth-order valence-electron chi connectivity index (χ4n) is 2.74. The third-order valence-corrected chi connectivity index (χ3v) is 4.07. The molecule has 1 aromatic rings. The van der Waals surface area contributed by atoms with Crippen molar-refractivity contribution in [3.63, 3.8) is 0 Å². The fraction of sp³-hybridized carbons (Fsp3) is 0.588. The molecule has 0 radical (unpaired) electrons. The van der Waals surface area contributed by atoms with Crippen molar-refractivity contribution >= 4 is 6.29 Å². The number of carbonyl (C=O) groups excluding carboxylic acids is 1. The Kier molecular flexibility index (Phi) is 6.06. The van der Waals surface area contributed by atoms with Crippen molar-refractivity contribution < 1.29 is 9.53 Å². The van der Waals surface area contributed by atoms with Gasteiger partial charge in [0.25, 0.3) is 0 Å². The molecule has 1 atom stereocenters. The van der Waals surface area contributed by atoms with Crippen LogP contribution < -0.4 is 4.74 Å². The molecule has 0 saturated carbocycles. The van der Waals surface area contributed by atoms with Crippen LogP contribution in [0.1, 0.15) is 49.4 Å². The summed E-state index contributed by atoms with van der Waals surface area (Å²) in [5.74, 6) is 0.849. The lowest BCUT2D eigenvalue weighted by Crippen LogP contribution is -2.38. The molecule has 0 bridgehead atoms. The maximum Gasteiger partial charge on any atom is 0.150 e. The van der Waals surface area contributed by atoms with Crippen LogP contribution in [0.15, 0.2) is 24.3 Å². The highest BCUT2D eigenvalue weighted by Gasteiger charge is 2.16. The number of hydrogen-bond donors (Lipinski definition) is 0. The molecular weight excluding hydrogens is 250 g/mol. The maximum absolute atomic E-state index is 10.5. The monoisotopic (exact) mass is 275 g/mol. The number of rotatable bonds is 7. The molecule has 0 unspecified atom stereocenters. The van der Waals surface area contributed by atoms with Gasteiger partial charge in [-0.25, -0.2) is 0 Å². The Morgan fingerprint density at radius 3 is 2.75 bits per heavy atom. The molecule has 110 valence electrons. The average Bonchev–Trinajstić information content (AvgIpc) is 2.49. The Hall–Kier alpha value is -1.35. The van der Waals surface area contributed by atoms with Gasteiger partial charge >= 0.3 is 0 Å². The molecule has 0 amide bonds. The van der Waals surface area contributed by atoms with Crippen LogP contribution >= 0.6 is 0 Å². The zero-order valence-electron chi connectivity index (χ0n) is 12.4. The maximum atomic E-state index is 10.5. The van der Waals surface area contributed by atoms with Crippen molar-refractivity contribution in [2.24, 2.45) is 0 Å². The summed E-state index contributed by atoms with van der Waals surface area (Å²) in [5, 5.41) is 0. The van der Waals surface area contributed by atoms with Gasteiger partial charge in [0.15, 0.2) is 0 Å². The van der Waals surface area contributed by atoms with E-state index in [4.69, 9.17) is 4.74 Å². The Morgan fingerprint density at radius 1 is 1.25 bits per heavy atom. The van der Waals surface area contributed by atoms with E-state index in [1.807, 2.05) is 12.1 Å². The normalized spacial score (nSPS) is 19.8. The molecule has 0 spiro atoms. The summed E-state index contributed by atoms with van der Waals surface area (Å²) in [6.45, 7) is 5.54. The number of likely N-dealkylation sites (tertiary alicyclic amines) is 1. The quantitative estimate of drug-likeness (QED) is 0.563. The third kappa shape index (κ3) is 4.64. The lowest BCUT2D eigenvalue weighted by molar-refractivity contribution is 0.112. The Morgan fingerprint density at radius 2 is 2.05 bits per heavy atom. The summed E-state index contributed by atoms with van der Waals surface area (Å²) in [6.07, 6.45) is 7.21. The molecule has 20 heavy (non-hydrogen) atoms. The predicted molar refractivity (Wildman–Crippen MR) is 81.4 cm³/mol. The molecule has 0 aliphatic carbocycles. The van der Waals surface area contributed by atoms with Gasteiger partial charge in [0.1, 0.15) is 12.0 Å². The van der Waals surface area contributed by atoms with Crippen LogP contribution in [0.5, 0.6) is 5.75 Å². The molecule has 1 aromatic carbocycles. The number of aldehydes is 1. The number of carbonyl (C=O) groups is 1. The minimum atomic E-state index is 0.691. The van der Waals surface area contributed by atoms with Crippen LogP contribution in [0.2, 0.25) is 0 Å². The van der Waals surface area contributed by atoms with Gasteiger partial charge in [0, 0.05) is 11.6 Å². The van der Waals surface area contributed by atoms with Gasteiger partial charge in [0.05, 0.1) is 6.61 Å². The molecule has 1 heterocycles. The smallest absolute Gasteiger partial charge is 0.150 e. The summed E-state index contributed by atoms with van der Waals surface area (Å²) in [4.78, 5) is 13.1. The third-order valence-electron chi connectivity index (χ3n) is 4.07. The van der Waals surface area contributed by atoms with Crippen molar-refractivity contribution in [1.29, 1.82) is 0 Å². The number of benzene rings is 1. The first kappa shape index (κ1) is 15.0. The lowest BCUT2D eigenvalue weighted by Gasteiger charge is -2.33. The summed E-state index contributed by atoms with van der Waals surface area (Å²) >= 11 is 0. The molecule has 0 N–H and O–H groups in total. The van der Waals surface area contributed by atoms with Crippen LogP contribution in [0.4, 0.5) is 0 Å². The van der Waals surface area contributed by atoms with Gasteiger partial charge in [-0.05, 0) is 70.0 Å². The molecule has 1 fully saturated rings. The first-order valence-electron chi connectivity index (χ1n) is 7.71. The van der Waals surface area contributed by atoms with E-state index in [1.165, 1.54) is 38.8 Å². The summed E-state index contributed by atoms with van der Waals surface area (Å²) in [5.41, 5.74) is 0.691. The van der Waals surface area contributed by atoms with Crippen LogP contribution in [0, 0.1) is 0 Å². The van der Waals surface area contributed by atoms with E-state index in [0.29, 0.717) is 5.56 Å². The van der Waals surface area contributed by atoms with E-state index in [9.17, 15) is 4.79 Å². The number of nitrogens with zero attached hydrogens (tertiary/aromatic N) is 1. The molecule has 1 aliphatic rings. The second kappa shape index (κ2) is 8.05. The number of piperidine rings is 1. The Bertz CT molecular complexity index is 402. The van der Waals surface area contributed by atoms with Gasteiger partial charge in [-0.2, -0.15) is 0 Å². The highest BCUT2D eigenvalue weighted by Crippen LogP contribution is 2.17.